The third-order valence-corrected chi connectivity index (χ3v) is 8.41. The topological polar surface area (TPSA) is 95.6 Å². The molecule has 37 heavy (non-hydrogen) atoms. The lowest BCUT2D eigenvalue weighted by atomic mass is 9.97. The summed E-state index contributed by atoms with van der Waals surface area (Å²) in [7, 11) is -3.58. The van der Waals surface area contributed by atoms with Crippen LogP contribution in [0.4, 0.5) is 10.1 Å². The summed E-state index contributed by atoms with van der Waals surface area (Å²) in [4.78, 5) is 26.0. The number of sulfonamides is 1. The van der Waals surface area contributed by atoms with Crippen molar-refractivity contribution < 1.29 is 22.4 Å². The largest absolute Gasteiger partial charge is 0.345 e. The summed E-state index contributed by atoms with van der Waals surface area (Å²) in [5, 5.41) is 5.84. The minimum Gasteiger partial charge on any atom is -0.345 e. The van der Waals surface area contributed by atoms with Crippen LogP contribution in [-0.4, -0.2) is 37.6 Å². The van der Waals surface area contributed by atoms with E-state index in [-0.39, 0.29) is 42.6 Å². The van der Waals surface area contributed by atoms with E-state index in [4.69, 9.17) is 0 Å². The smallest absolute Gasteiger partial charge is 0.253 e. The molecule has 0 saturated carbocycles. The molecule has 0 radical (unpaired) electrons. The zero-order chi connectivity index (χ0) is 26.4. The van der Waals surface area contributed by atoms with Crippen molar-refractivity contribution in [2.45, 2.75) is 31.6 Å². The Morgan fingerprint density at radius 1 is 0.946 bits per heavy atom. The molecular formula is C28H30FN3O4S. The van der Waals surface area contributed by atoms with Crippen LogP contribution in [0.5, 0.6) is 0 Å². The molecule has 0 aromatic heterocycles. The van der Waals surface area contributed by atoms with Gasteiger partial charge in [-0.15, -0.1) is 0 Å². The molecule has 1 fully saturated rings. The first kappa shape index (κ1) is 26.5. The number of nitrogens with one attached hydrogen (secondary N) is 2. The molecule has 0 spiro atoms. The molecule has 1 heterocycles. The molecule has 3 aromatic carbocycles. The quantitative estimate of drug-likeness (QED) is 0.455. The van der Waals surface area contributed by atoms with Crippen LogP contribution in [0.15, 0.2) is 78.9 Å². The molecule has 0 unspecified atom stereocenters. The standard InChI is InChI=1S/C28H30FN3O4S/c1-20(22-7-3-2-4-8-22)30-28(34)25-9-5-6-10-26(25)31-27(33)23-15-17-32(18-16-23)37(35,36)19-21-11-13-24(29)14-12-21/h2-14,20,23H,15-19H2,1H3,(H,30,34)(H,31,33)/t20-/m1/s1. The van der Waals surface area contributed by atoms with Crippen LogP contribution in [-0.2, 0) is 20.6 Å². The second-order valence-electron chi connectivity index (χ2n) is 9.20. The van der Waals surface area contributed by atoms with E-state index in [1.54, 1.807) is 24.3 Å². The Labute approximate surface area is 216 Å². The Morgan fingerprint density at radius 2 is 1.57 bits per heavy atom. The van der Waals surface area contributed by atoms with Crippen molar-refractivity contribution in [3.05, 3.63) is 101 Å². The zero-order valence-electron chi connectivity index (χ0n) is 20.6. The third-order valence-electron chi connectivity index (χ3n) is 6.56. The predicted molar refractivity (Wildman–Crippen MR) is 141 cm³/mol. The average molecular weight is 524 g/mol. The van der Waals surface area contributed by atoms with Crippen LogP contribution >= 0.6 is 0 Å². The number of nitrogens with zero attached hydrogens (tertiary/aromatic N) is 1. The van der Waals surface area contributed by atoms with Gasteiger partial charge in [0.1, 0.15) is 5.82 Å². The Hall–Kier alpha value is -3.56. The lowest BCUT2D eigenvalue weighted by Gasteiger charge is -2.30. The van der Waals surface area contributed by atoms with E-state index in [2.05, 4.69) is 10.6 Å². The molecule has 194 valence electrons. The summed E-state index contributed by atoms with van der Waals surface area (Å²) in [6.45, 7) is 2.34. The minimum absolute atomic E-state index is 0.210. The summed E-state index contributed by atoms with van der Waals surface area (Å²) >= 11 is 0. The van der Waals surface area contributed by atoms with Gasteiger partial charge >= 0.3 is 0 Å². The summed E-state index contributed by atoms with van der Waals surface area (Å²) in [6, 6.07) is 21.6. The molecule has 1 aliphatic heterocycles. The van der Waals surface area contributed by atoms with Crippen molar-refractivity contribution in [1.29, 1.82) is 0 Å². The molecule has 2 N–H and O–H groups in total. The van der Waals surface area contributed by atoms with E-state index in [1.165, 1.54) is 28.6 Å². The maximum Gasteiger partial charge on any atom is 0.253 e. The van der Waals surface area contributed by atoms with Crippen LogP contribution in [0.25, 0.3) is 0 Å². The number of para-hydroxylation sites is 1. The van der Waals surface area contributed by atoms with Crippen molar-refractivity contribution in [3.63, 3.8) is 0 Å². The maximum atomic E-state index is 13.1. The lowest BCUT2D eigenvalue weighted by Crippen LogP contribution is -2.42. The zero-order valence-corrected chi connectivity index (χ0v) is 21.4. The molecule has 7 nitrogen and oxygen atoms in total. The molecular weight excluding hydrogens is 493 g/mol. The Bertz CT molecular complexity index is 1340. The van der Waals surface area contributed by atoms with Crippen LogP contribution < -0.4 is 10.6 Å². The first-order chi connectivity index (χ1) is 17.7. The van der Waals surface area contributed by atoms with Crippen LogP contribution in [0, 0.1) is 11.7 Å². The normalized spacial score (nSPS) is 15.6. The number of piperidine rings is 1. The number of benzene rings is 3. The highest BCUT2D eigenvalue weighted by atomic mass is 32.2. The molecule has 4 rings (SSSR count). The summed E-state index contributed by atoms with van der Waals surface area (Å²) < 4.78 is 40.1. The summed E-state index contributed by atoms with van der Waals surface area (Å²) in [5.74, 6) is -1.55. The second kappa shape index (κ2) is 11.7. The van der Waals surface area contributed by atoms with E-state index >= 15 is 0 Å². The maximum absolute atomic E-state index is 13.1. The molecule has 1 saturated heterocycles. The molecule has 0 aliphatic carbocycles. The van der Waals surface area contributed by atoms with Gasteiger partial charge < -0.3 is 10.6 Å². The highest BCUT2D eigenvalue weighted by molar-refractivity contribution is 7.88. The van der Waals surface area contributed by atoms with Crippen LogP contribution in [0.1, 0.15) is 47.3 Å². The number of hydrogen-bond donors (Lipinski definition) is 2. The number of amides is 2. The van der Waals surface area contributed by atoms with E-state index in [9.17, 15) is 22.4 Å². The summed E-state index contributed by atoms with van der Waals surface area (Å²) in [5.41, 5.74) is 2.26. The number of hydrogen-bond acceptors (Lipinski definition) is 4. The van der Waals surface area contributed by atoms with Crippen molar-refractivity contribution in [2.24, 2.45) is 5.92 Å². The van der Waals surface area contributed by atoms with Gasteiger partial charge in [0.2, 0.25) is 15.9 Å². The van der Waals surface area contributed by atoms with Crippen LogP contribution in [0.2, 0.25) is 0 Å². The first-order valence-corrected chi connectivity index (χ1v) is 13.8. The van der Waals surface area contributed by atoms with Gasteiger partial charge in [0.05, 0.1) is 23.0 Å². The van der Waals surface area contributed by atoms with E-state index in [0.29, 0.717) is 29.7 Å². The average Bonchev–Trinajstić information content (AvgIpc) is 2.90. The van der Waals surface area contributed by atoms with Crippen LogP contribution in [0.3, 0.4) is 0 Å². The fourth-order valence-corrected chi connectivity index (χ4v) is 5.97. The Kier molecular flexibility index (Phi) is 8.35. The number of rotatable bonds is 8. The van der Waals surface area contributed by atoms with Crippen molar-refractivity contribution in [2.75, 3.05) is 18.4 Å². The fraction of sp³-hybridized carbons (Fsp3) is 0.286. The van der Waals surface area contributed by atoms with Gasteiger partial charge in [-0.3, -0.25) is 9.59 Å². The Balaban J connectivity index is 1.35. The fourth-order valence-electron chi connectivity index (χ4n) is 4.40. The van der Waals surface area contributed by atoms with Gasteiger partial charge in [-0.1, -0.05) is 54.6 Å². The van der Waals surface area contributed by atoms with Gasteiger partial charge in [-0.2, -0.15) is 0 Å². The Morgan fingerprint density at radius 3 is 2.24 bits per heavy atom. The monoisotopic (exact) mass is 523 g/mol. The van der Waals surface area contributed by atoms with Gasteiger partial charge in [0, 0.05) is 19.0 Å². The molecule has 1 aliphatic rings. The molecule has 9 heteroatoms. The number of halogens is 1. The first-order valence-electron chi connectivity index (χ1n) is 12.2. The lowest BCUT2D eigenvalue weighted by molar-refractivity contribution is -0.120. The number of carbonyl (C=O) groups is 2. The van der Waals surface area contributed by atoms with Crippen molar-refractivity contribution in [1.82, 2.24) is 9.62 Å². The van der Waals surface area contributed by atoms with Gasteiger partial charge in [-0.05, 0) is 55.2 Å². The van der Waals surface area contributed by atoms with E-state index in [0.717, 1.165) is 5.56 Å². The summed E-state index contributed by atoms with van der Waals surface area (Å²) in [6.07, 6.45) is 0.738. The van der Waals surface area contributed by atoms with E-state index in [1.807, 2.05) is 37.3 Å². The van der Waals surface area contributed by atoms with Crippen molar-refractivity contribution >= 4 is 27.5 Å². The second-order valence-corrected chi connectivity index (χ2v) is 11.2. The van der Waals surface area contributed by atoms with Gasteiger partial charge in [-0.25, -0.2) is 17.1 Å². The molecule has 2 amide bonds. The molecule has 1 atom stereocenters. The van der Waals surface area contributed by atoms with Gasteiger partial charge in [0.15, 0.2) is 0 Å². The minimum atomic E-state index is -3.58. The third kappa shape index (κ3) is 6.81. The number of carbonyl (C=O) groups excluding carboxylic acids is 2. The predicted octanol–water partition coefficient (Wildman–Crippen LogP) is 4.50. The van der Waals surface area contributed by atoms with E-state index < -0.39 is 15.8 Å². The van der Waals surface area contributed by atoms with Gasteiger partial charge in [0.25, 0.3) is 5.91 Å². The van der Waals surface area contributed by atoms with Crippen molar-refractivity contribution in [3.8, 4) is 0 Å². The highest BCUT2D eigenvalue weighted by Crippen LogP contribution is 2.25. The highest BCUT2D eigenvalue weighted by Gasteiger charge is 2.31. The number of anilines is 1. The SMILES string of the molecule is C[C@@H](NC(=O)c1ccccc1NC(=O)C1CCN(S(=O)(=O)Cc2ccc(F)cc2)CC1)c1ccccc1. The molecule has 0 bridgehead atoms. The molecule has 3 aromatic rings.